The Morgan fingerprint density at radius 2 is 1.83 bits per heavy atom. The van der Waals surface area contributed by atoms with Gasteiger partial charge in [-0.2, -0.15) is 0 Å². The molecule has 1 unspecified atom stereocenters. The van der Waals surface area contributed by atoms with Crippen LogP contribution < -0.4 is 14.8 Å². The second kappa shape index (κ2) is 8.99. The van der Waals surface area contributed by atoms with Crippen LogP contribution in [0.4, 0.5) is 0 Å². The highest BCUT2D eigenvalue weighted by atomic mass is 16.6. The third-order valence-corrected chi connectivity index (χ3v) is 5.41. The number of amides is 2. The zero-order valence-corrected chi connectivity index (χ0v) is 16.4. The fraction of sp³-hybridized carbons (Fsp3) is 0.391. The summed E-state index contributed by atoms with van der Waals surface area (Å²) < 4.78 is 11.3. The van der Waals surface area contributed by atoms with Gasteiger partial charge in [0, 0.05) is 25.1 Å². The van der Waals surface area contributed by atoms with Crippen molar-refractivity contribution < 1.29 is 19.1 Å². The van der Waals surface area contributed by atoms with Gasteiger partial charge in [0.2, 0.25) is 5.91 Å². The minimum atomic E-state index is -0.103. The van der Waals surface area contributed by atoms with Crippen LogP contribution in [0.5, 0.6) is 11.5 Å². The van der Waals surface area contributed by atoms with Gasteiger partial charge in [-0.1, -0.05) is 24.3 Å². The Hall–Kier alpha value is -3.02. The molecule has 2 aliphatic heterocycles. The number of hydrogen-bond acceptors (Lipinski definition) is 4. The molecule has 2 heterocycles. The number of rotatable bonds is 6. The molecule has 1 N–H and O–H groups in total. The van der Waals surface area contributed by atoms with Crippen LogP contribution in [0.15, 0.2) is 48.5 Å². The molecule has 1 saturated heterocycles. The number of fused-ring (bicyclic) bond motifs is 1. The Morgan fingerprint density at radius 1 is 1.03 bits per heavy atom. The van der Waals surface area contributed by atoms with Gasteiger partial charge in [0.1, 0.15) is 13.2 Å². The number of likely N-dealkylation sites (tertiary alicyclic amines) is 1. The van der Waals surface area contributed by atoms with E-state index in [1.54, 1.807) is 12.1 Å². The van der Waals surface area contributed by atoms with E-state index in [0.29, 0.717) is 38.2 Å². The van der Waals surface area contributed by atoms with Crippen molar-refractivity contribution in [1.82, 2.24) is 10.2 Å². The summed E-state index contributed by atoms with van der Waals surface area (Å²) in [7, 11) is 0. The topological polar surface area (TPSA) is 67.9 Å². The summed E-state index contributed by atoms with van der Waals surface area (Å²) in [4.78, 5) is 26.8. The normalized spacial score (nSPS) is 17.8. The SMILES string of the molecule is O=C(NCCCC(=O)N1CCCC1c1ccc2c(c1)OCCO2)c1ccccc1. The molecule has 0 spiro atoms. The van der Waals surface area contributed by atoms with Gasteiger partial charge < -0.3 is 19.7 Å². The first kappa shape index (κ1) is 19.3. The Balaban J connectivity index is 1.29. The van der Waals surface area contributed by atoms with E-state index in [9.17, 15) is 9.59 Å². The van der Waals surface area contributed by atoms with E-state index in [0.717, 1.165) is 36.4 Å². The molecule has 1 atom stereocenters. The van der Waals surface area contributed by atoms with Crippen molar-refractivity contribution in [3.63, 3.8) is 0 Å². The van der Waals surface area contributed by atoms with Gasteiger partial charge in [-0.3, -0.25) is 9.59 Å². The maximum atomic E-state index is 12.8. The lowest BCUT2D eigenvalue weighted by Gasteiger charge is -2.27. The number of carbonyl (C=O) groups is 2. The van der Waals surface area contributed by atoms with Crippen LogP contribution in [0.25, 0.3) is 0 Å². The minimum Gasteiger partial charge on any atom is -0.486 e. The van der Waals surface area contributed by atoms with Crippen LogP contribution in [0.3, 0.4) is 0 Å². The van der Waals surface area contributed by atoms with Crippen molar-refractivity contribution in [2.75, 3.05) is 26.3 Å². The zero-order valence-electron chi connectivity index (χ0n) is 16.4. The van der Waals surface area contributed by atoms with Crippen molar-refractivity contribution in [3.05, 3.63) is 59.7 Å². The monoisotopic (exact) mass is 394 g/mol. The number of ether oxygens (including phenoxy) is 2. The van der Waals surface area contributed by atoms with Crippen LogP contribution in [0, 0.1) is 0 Å². The first-order valence-electron chi connectivity index (χ1n) is 10.2. The lowest BCUT2D eigenvalue weighted by molar-refractivity contribution is -0.132. The van der Waals surface area contributed by atoms with E-state index < -0.39 is 0 Å². The number of nitrogens with zero attached hydrogens (tertiary/aromatic N) is 1. The lowest BCUT2D eigenvalue weighted by Crippen LogP contribution is -2.31. The van der Waals surface area contributed by atoms with Crippen molar-refractivity contribution in [2.24, 2.45) is 0 Å². The van der Waals surface area contributed by atoms with Gasteiger partial charge in [-0.15, -0.1) is 0 Å². The van der Waals surface area contributed by atoms with Crippen LogP contribution in [0.2, 0.25) is 0 Å². The van der Waals surface area contributed by atoms with E-state index in [1.807, 2.05) is 41.3 Å². The average Bonchev–Trinajstić information content (AvgIpc) is 3.27. The number of carbonyl (C=O) groups excluding carboxylic acids is 2. The molecule has 0 radical (unpaired) electrons. The molecule has 6 heteroatoms. The summed E-state index contributed by atoms with van der Waals surface area (Å²) in [6.07, 6.45) is 3.00. The van der Waals surface area contributed by atoms with Gasteiger partial charge >= 0.3 is 0 Å². The fourth-order valence-electron chi connectivity index (χ4n) is 3.96. The molecule has 2 aromatic rings. The average molecular weight is 394 g/mol. The second-order valence-corrected chi connectivity index (χ2v) is 7.37. The summed E-state index contributed by atoms with van der Waals surface area (Å²) in [5.74, 6) is 1.56. The summed E-state index contributed by atoms with van der Waals surface area (Å²) >= 11 is 0. The predicted molar refractivity (Wildman–Crippen MR) is 109 cm³/mol. The molecule has 152 valence electrons. The Bertz CT molecular complexity index is 868. The quantitative estimate of drug-likeness (QED) is 0.763. The van der Waals surface area contributed by atoms with Crippen LogP contribution >= 0.6 is 0 Å². The molecule has 1 fully saturated rings. The molecule has 2 aromatic carbocycles. The molecule has 0 bridgehead atoms. The molecule has 2 amide bonds. The highest BCUT2D eigenvalue weighted by molar-refractivity contribution is 5.94. The van der Waals surface area contributed by atoms with Crippen molar-refractivity contribution >= 4 is 11.8 Å². The number of hydrogen-bond donors (Lipinski definition) is 1. The number of nitrogens with one attached hydrogen (secondary N) is 1. The lowest BCUT2D eigenvalue weighted by atomic mass is 10.0. The second-order valence-electron chi connectivity index (χ2n) is 7.37. The summed E-state index contributed by atoms with van der Waals surface area (Å²) in [5.41, 5.74) is 1.73. The Labute approximate surface area is 170 Å². The van der Waals surface area contributed by atoms with Gasteiger partial charge in [0.05, 0.1) is 6.04 Å². The molecule has 0 aromatic heterocycles. The Kier molecular flexibility index (Phi) is 5.98. The summed E-state index contributed by atoms with van der Waals surface area (Å²) in [6.45, 7) is 2.38. The number of benzene rings is 2. The molecule has 6 nitrogen and oxygen atoms in total. The largest absolute Gasteiger partial charge is 0.486 e. The van der Waals surface area contributed by atoms with Gasteiger partial charge in [-0.25, -0.2) is 0 Å². The highest BCUT2D eigenvalue weighted by Gasteiger charge is 2.30. The maximum absolute atomic E-state index is 12.8. The van der Waals surface area contributed by atoms with E-state index in [2.05, 4.69) is 5.32 Å². The zero-order chi connectivity index (χ0) is 20.1. The van der Waals surface area contributed by atoms with Gasteiger partial charge in [0.15, 0.2) is 11.5 Å². The standard InChI is InChI=1S/C23H26N2O4/c26-22(9-4-12-24-23(27)17-6-2-1-3-7-17)25-13-5-8-19(25)18-10-11-20-21(16-18)29-15-14-28-20/h1-3,6-7,10-11,16,19H,4-5,8-9,12-15H2,(H,24,27). The van der Waals surface area contributed by atoms with Crippen LogP contribution in [-0.4, -0.2) is 43.0 Å². The molecule has 0 saturated carbocycles. The highest BCUT2D eigenvalue weighted by Crippen LogP contribution is 2.38. The molecular weight excluding hydrogens is 368 g/mol. The third-order valence-electron chi connectivity index (χ3n) is 5.41. The molecular formula is C23H26N2O4. The maximum Gasteiger partial charge on any atom is 0.251 e. The molecule has 0 aliphatic carbocycles. The summed E-state index contributed by atoms with van der Waals surface area (Å²) in [6, 6.07) is 15.2. The van der Waals surface area contributed by atoms with Gasteiger partial charge in [-0.05, 0) is 49.1 Å². The first-order chi connectivity index (χ1) is 14.2. The first-order valence-corrected chi connectivity index (χ1v) is 10.2. The Morgan fingerprint density at radius 3 is 2.66 bits per heavy atom. The summed E-state index contributed by atoms with van der Waals surface area (Å²) in [5, 5.41) is 2.88. The van der Waals surface area contributed by atoms with Crippen molar-refractivity contribution in [1.29, 1.82) is 0 Å². The smallest absolute Gasteiger partial charge is 0.251 e. The predicted octanol–water partition coefficient (Wildman–Crippen LogP) is 3.33. The van der Waals surface area contributed by atoms with E-state index in [1.165, 1.54) is 0 Å². The minimum absolute atomic E-state index is 0.0808. The van der Waals surface area contributed by atoms with Crippen LogP contribution in [0.1, 0.15) is 47.6 Å². The van der Waals surface area contributed by atoms with Crippen LogP contribution in [-0.2, 0) is 4.79 Å². The molecule has 29 heavy (non-hydrogen) atoms. The molecule has 4 rings (SSSR count). The van der Waals surface area contributed by atoms with Gasteiger partial charge in [0.25, 0.3) is 5.91 Å². The molecule has 2 aliphatic rings. The van der Waals surface area contributed by atoms with Crippen molar-refractivity contribution in [3.8, 4) is 11.5 Å². The van der Waals surface area contributed by atoms with E-state index in [-0.39, 0.29) is 17.9 Å². The van der Waals surface area contributed by atoms with Crippen molar-refractivity contribution in [2.45, 2.75) is 31.7 Å². The van der Waals surface area contributed by atoms with E-state index >= 15 is 0 Å². The third kappa shape index (κ3) is 4.53. The fourth-order valence-corrected chi connectivity index (χ4v) is 3.96. The van der Waals surface area contributed by atoms with E-state index in [4.69, 9.17) is 9.47 Å².